The van der Waals surface area contributed by atoms with Crippen LogP contribution in [0.5, 0.6) is 0 Å². The summed E-state index contributed by atoms with van der Waals surface area (Å²) in [6.07, 6.45) is -0.751. The highest BCUT2D eigenvalue weighted by molar-refractivity contribution is 5.95. The van der Waals surface area contributed by atoms with Crippen molar-refractivity contribution >= 4 is 29.6 Å². The number of anilines is 1. The fourth-order valence-electron chi connectivity index (χ4n) is 3.57. The molecule has 4 N–H and O–H groups in total. The van der Waals surface area contributed by atoms with Crippen LogP contribution >= 0.6 is 0 Å². The molecule has 2 fully saturated rings. The van der Waals surface area contributed by atoms with Gasteiger partial charge in [0.05, 0.1) is 6.54 Å². The number of aromatic nitrogens is 1. The maximum absolute atomic E-state index is 12.8. The SMILES string of the molecule is O=C(Nc1ccc(C(=O)N2CCN(Cc3nc(C(=O)O)co3)CC2)cc1)NC1CCC1.O=C(O)C(F)(F)F. The summed E-state index contributed by atoms with van der Waals surface area (Å²) in [6, 6.07) is 6.93. The van der Waals surface area contributed by atoms with Crippen molar-refractivity contribution in [1.82, 2.24) is 20.1 Å². The normalized spacial score (nSPS) is 16.0. The topological polar surface area (TPSA) is 165 Å². The van der Waals surface area contributed by atoms with Gasteiger partial charge >= 0.3 is 24.1 Å². The number of benzene rings is 1. The second-order valence-corrected chi connectivity index (χ2v) is 8.61. The summed E-state index contributed by atoms with van der Waals surface area (Å²) in [7, 11) is 0. The zero-order valence-electron chi connectivity index (χ0n) is 20.0. The van der Waals surface area contributed by atoms with Gasteiger partial charge in [-0.3, -0.25) is 9.69 Å². The number of aromatic carboxylic acids is 1. The molecule has 0 atom stereocenters. The number of hydrogen-bond acceptors (Lipinski definition) is 7. The number of oxazole rings is 1. The van der Waals surface area contributed by atoms with Gasteiger partial charge in [0.2, 0.25) is 5.89 Å². The monoisotopic (exact) mass is 541 g/mol. The third-order valence-electron chi connectivity index (χ3n) is 5.86. The van der Waals surface area contributed by atoms with Crippen LogP contribution in [0.15, 0.2) is 34.9 Å². The van der Waals surface area contributed by atoms with E-state index in [-0.39, 0.29) is 23.7 Å². The van der Waals surface area contributed by atoms with Crippen molar-refractivity contribution in [2.24, 2.45) is 0 Å². The van der Waals surface area contributed by atoms with E-state index in [2.05, 4.69) is 20.5 Å². The van der Waals surface area contributed by atoms with E-state index in [0.29, 0.717) is 49.9 Å². The number of hydrogen-bond donors (Lipinski definition) is 4. The lowest BCUT2D eigenvalue weighted by Gasteiger charge is -2.34. The Labute approximate surface area is 214 Å². The minimum atomic E-state index is -5.08. The number of carbonyl (C=O) groups is 4. The van der Waals surface area contributed by atoms with Gasteiger partial charge in [0.1, 0.15) is 6.26 Å². The highest BCUT2D eigenvalue weighted by Gasteiger charge is 2.38. The van der Waals surface area contributed by atoms with Crippen molar-refractivity contribution < 1.29 is 47.0 Å². The number of piperazine rings is 1. The Hall–Kier alpha value is -4.14. The fourth-order valence-corrected chi connectivity index (χ4v) is 3.57. The van der Waals surface area contributed by atoms with E-state index >= 15 is 0 Å². The van der Waals surface area contributed by atoms with Crippen molar-refractivity contribution in [2.75, 3.05) is 31.5 Å². The van der Waals surface area contributed by atoms with Crippen LogP contribution in [0.2, 0.25) is 0 Å². The van der Waals surface area contributed by atoms with Crippen molar-refractivity contribution in [2.45, 2.75) is 38.0 Å². The van der Waals surface area contributed by atoms with E-state index in [9.17, 15) is 27.6 Å². The van der Waals surface area contributed by atoms with Crippen LogP contribution in [0.4, 0.5) is 23.7 Å². The Morgan fingerprint density at radius 1 is 1.03 bits per heavy atom. The number of rotatable bonds is 6. The molecule has 4 rings (SSSR count). The molecule has 0 unspecified atom stereocenters. The van der Waals surface area contributed by atoms with Gasteiger partial charge < -0.3 is 30.2 Å². The van der Waals surface area contributed by atoms with Crippen molar-refractivity contribution in [3.8, 4) is 0 Å². The smallest absolute Gasteiger partial charge is 0.476 e. The number of nitrogens with one attached hydrogen (secondary N) is 2. The summed E-state index contributed by atoms with van der Waals surface area (Å²) in [4.78, 5) is 52.3. The fraction of sp³-hybridized carbons (Fsp3) is 0.435. The summed E-state index contributed by atoms with van der Waals surface area (Å²) in [6.45, 7) is 2.78. The van der Waals surface area contributed by atoms with Crippen LogP contribution < -0.4 is 10.6 Å². The Balaban J connectivity index is 0.000000505. The molecule has 2 aliphatic rings. The number of carboxylic acid groups (broad SMARTS) is 2. The predicted molar refractivity (Wildman–Crippen MR) is 125 cm³/mol. The molecule has 206 valence electrons. The molecule has 12 nitrogen and oxygen atoms in total. The van der Waals surface area contributed by atoms with Crippen LogP contribution in [-0.2, 0) is 11.3 Å². The first-order valence-electron chi connectivity index (χ1n) is 11.6. The van der Waals surface area contributed by atoms with E-state index in [0.717, 1.165) is 25.5 Å². The quantitative estimate of drug-likeness (QED) is 0.430. The summed E-state index contributed by atoms with van der Waals surface area (Å²) < 4.78 is 36.9. The van der Waals surface area contributed by atoms with Gasteiger partial charge in [-0.05, 0) is 43.5 Å². The first-order valence-corrected chi connectivity index (χ1v) is 11.6. The number of urea groups is 1. The number of alkyl halides is 3. The largest absolute Gasteiger partial charge is 0.490 e. The molecule has 1 saturated carbocycles. The Morgan fingerprint density at radius 2 is 1.63 bits per heavy atom. The lowest BCUT2D eigenvalue weighted by molar-refractivity contribution is -0.192. The minimum absolute atomic E-state index is 0.0607. The third kappa shape index (κ3) is 8.19. The molecule has 38 heavy (non-hydrogen) atoms. The molecule has 1 aromatic heterocycles. The van der Waals surface area contributed by atoms with E-state index in [1.807, 2.05) is 0 Å². The van der Waals surface area contributed by atoms with Gasteiger partial charge in [-0.1, -0.05) is 0 Å². The molecule has 1 aliphatic carbocycles. The van der Waals surface area contributed by atoms with Crippen molar-refractivity contribution in [1.29, 1.82) is 0 Å². The second kappa shape index (κ2) is 12.4. The molecule has 2 heterocycles. The first kappa shape index (κ1) is 28.4. The second-order valence-electron chi connectivity index (χ2n) is 8.61. The van der Waals surface area contributed by atoms with Gasteiger partial charge in [0.25, 0.3) is 5.91 Å². The Kier molecular flexibility index (Phi) is 9.28. The standard InChI is InChI=1S/C21H25N5O5.C2HF3O2/c27-19(14-4-6-16(7-5-14)23-21(30)22-15-2-1-3-15)26-10-8-25(9-11-26)12-18-24-17(13-31-18)20(28)29;3-2(4,5)1(6)7/h4-7,13,15H,1-3,8-12H2,(H,28,29)(H2,22,23,30);(H,6,7). The molecule has 1 aromatic carbocycles. The molecule has 2 aromatic rings. The van der Waals surface area contributed by atoms with Gasteiger partial charge in [-0.15, -0.1) is 0 Å². The molecule has 15 heteroatoms. The Bertz CT molecular complexity index is 1140. The van der Waals surface area contributed by atoms with Crippen LogP contribution in [0.3, 0.4) is 0 Å². The van der Waals surface area contributed by atoms with Gasteiger partial charge in [0, 0.05) is 43.5 Å². The molecule has 3 amide bonds. The highest BCUT2D eigenvalue weighted by Crippen LogP contribution is 2.19. The molecule has 0 bridgehead atoms. The zero-order valence-corrected chi connectivity index (χ0v) is 20.0. The van der Waals surface area contributed by atoms with E-state index in [4.69, 9.17) is 19.4 Å². The summed E-state index contributed by atoms with van der Waals surface area (Å²) in [5.74, 6) is -3.59. The lowest BCUT2D eigenvalue weighted by atomic mass is 9.93. The van der Waals surface area contributed by atoms with Crippen LogP contribution in [0, 0.1) is 0 Å². The number of amides is 3. The third-order valence-corrected chi connectivity index (χ3v) is 5.86. The van der Waals surface area contributed by atoms with Gasteiger partial charge in [-0.25, -0.2) is 19.4 Å². The van der Waals surface area contributed by atoms with E-state index < -0.39 is 18.1 Å². The molecule has 1 aliphatic heterocycles. The summed E-state index contributed by atoms with van der Waals surface area (Å²) >= 11 is 0. The van der Waals surface area contributed by atoms with Gasteiger partial charge in [-0.2, -0.15) is 13.2 Å². The minimum Gasteiger partial charge on any atom is -0.476 e. The lowest BCUT2D eigenvalue weighted by Crippen LogP contribution is -2.48. The molecule has 0 spiro atoms. The average Bonchev–Trinajstić information content (AvgIpc) is 3.31. The summed E-state index contributed by atoms with van der Waals surface area (Å²) in [5, 5.41) is 21.7. The zero-order chi connectivity index (χ0) is 27.9. The molecule has 1 saturated heterocycles. The van der Waals surface area contributed by atoms with Crippen molar-refractivity contribution in [3.05, 3.63) is 47.7 Å². The average molecular weight is 541 g/mol. The number of aliphatic carboxylic acids is 1. The number of carboxylic acids is 2. The number of nitrogens with zero attached hydrogens (tertiary/aromatic N) is 3. The molecular formula is C23H26F3N5O7. The summed E-state index contributed by atoms with van der Waals surface area (Å²) in [5.41, 5.74) is 1.10. The van der Waals surface area contributed by atoms with Crippen LogP contribution in [0.1, 0.15) is 46.0 Å². The van der Waals surface area contributed by atoms with E-state index in [1.54, 1.807) is 29.2 Å². The van der Waals surface area contributed by atoms with Crippen LogP contribution in [0.25, 0.3) is 0 Å². The Morgan fingerprint density at radius 3 is 2.11 bits per heavy atom. The molecule has 0 radical (unpaired) electrons. The molecular weight excluding hydrogens is 515 g/mol. The van der Waals surface area contributed by atoms with E-state index in [1.165, 1.54) is 0 Å². The van der Waals surface area contributed by atoms with Crippen LogP contribution in [-0.4, -0.2) is 87.3 Å². The maximum atomic E-state index is 12.8. The number of halogens is 3. The van der Waals surface area contributed by atoms with Crippen molar-refractivity contribution in [3.63, 3.8) is 0 Å². The predicted octanol–water partition coefficient (Wildman–Crippen LogP) is 2.64. The maximum Gasteiger partial charge on any atom is 0.490 e. The number of carbonyl (C=O) groups excluding carboxylic acids is 2. The first-order chi connectivity index (χ1) is 17.9. The highest BCUT2D eigenvalue weighted by atomic mass is 19.4. The van der Waals surface area contributed by atoms with Gasteiger partial charge in [0.15, 0.2) is 5.69 Å².